The molecule has 2 aromatic carbocycles. The molecule has 1 aliphatic carbocycles. The Bertz CT molecular complexity index is 1080. The van der Waals surface area contributed by atoms with Crippen molar-refractivity contribution in [1.29, 1.82) is 0 Å². The van der Waals surface area contributed by atoms with Gasteiger partial charge in [0.1, 0.15) is 11.6 Å². The van der Waals surface area contributed by atoms with Gasteiger partial charge in [0.15, 0.2) is 5.79 Å². The molecule has 0 radical (unpaired) electrons. The molecule has 37 heavy (non-hydrogen) atoms. The van der Waals surface area contributed by atoms with E-state index in [0.717, 1.165) is 42.8 Å². The molecule has 1 saturated carbocycles. The van der Waals surface area contributed by atoms with Crippen LogP contribution in [0.3, 0.4) is 0 Å². The number of rotatable bonds is 6. The Hall–Kier alpha value is -1.72. The summed E-state index contributed by atoms with van der Waals surface area (Å²) in [6.45, 7) is 0.563. The summed E-state index contributed by atoms with van der Waals surface area (Å²) < 4.78 is 43.0. The Morgan fingerprint density at radius 1 is 1.14 bits per heavy atom. The maximum atomic E-state index is 12.8. The lowest BCUT2D eigenvalue weighted by atomic mass is 9.81. The highest BCUT2D eigenvalue weighted by Gasteiger charge is 2.41. The molecule has 2 aliphatic rings. The van der Waals surface area contributed by atoms with Crippen LogP contribution in [0.1, 0.15) is 36.8 Å². The molecular weight excluding hydrogens is 594 g/mol. The third-order valence-corrected chi connectivity index (χ3v) is 7.14. The highest BCUT2D eigenvalue weighted by Crippen LogP contribution is 2.37. The Kier molecular flexibility index (Phi) is 11.0. The number of fused-ring (bicyclic) bond motifs is 1. The molecule has 0 amide bonds. The van der Waals surface area contributed by atoms with Crippen molar-refractivity contribution < 1.29 is 17.9 Å². The van der Waals surface area contributed by atoms with Crippen molar-refractivity contribution in [3.63, 3.8) is 0 Å². The van der Waals surface area contributed by atoms with Crippen LogP contribution in [-0.2, 0) is 6.42 Å². The molecule has 4 N–H and O–H groups in total. The number of nitrogens with zero attached hydrogens (tertiary/aromatic N) is 2. The third kappa shape index (κ3) is 7.89. The molecule has 12 heteroatoms. The number of alkyl halides is 3. The molecule has 1 atom stereocenters. The number of benzene rings is 2. The summed E-state index contributed by atoms with van der Waals surface area (Å²) in [5, 5.41) is 6.97. The van der Waals surface area contributed by atoms with Crippen molar-refractivity contribution in [2.24, 2.45) is 16.6 Å². The molecule has 6 nitrogen and oxygen atoms in total. The Morgan fingerprint density at radius 3 is 2.46 bits per heavy atom. The number of nitrogens with two attached hydrogens (primary N) is 1. The van der Waals surface area contributed by atoms with Crippen LogP contribution in [0.5, 0.6) is 5.75 Å². The average molecular weight is 627 g/mol. The van der Waals surface area contributed by atoms with Gasteiger partial charge in [-0.25, -0.2) is 4.99 Å². The third-order valence-electron chi connectivity index (χ3n) is 6.65. The monoisotopic (exact) mass is 625 g/mol. The van der Waals surface area contributed by atoms with Crippen LogP contribution in [0.2, 0.25) is 0 Å². The number of nitrogens with one attached hydrogen (secondary N) is 2. The number of halogens is 6. The average Bonchev–Trinajstić information content (AvgIpc) is 2.79. The zero-order chi connectivity index (χ0) is 25.2. The molecule has 4 rings (SSSR count). The van der Waals surface area contributed by atoms with Gasteiger partial charge in [0.05, 0.1) is 0 Å². The first-order valence-electron chi connectivity index (χ1n) is 11.8. The standard InChI is InChI=1S/C25H31BrF3N5O.2ClH/c1-34(2)23-20-5-3-4-6-21(20)32-24(30,33-23)17-8-11-19(12-9-17)31-14-13-16-7-10-18(26)15-22(16)35-25(27,28)29;;/h3-7,10,15,17,19,31-32H,8-9,11-14,30H2,1-2H3;2*1H. The first-order chi connectivity index (χ1) is 16.5. The fourth-order valence-corrected chi connectivity index (χ4v) is 5.24. The quantitative estimate of drug-likeness (QED) is 0.371. The molecule has 1 fully saturated rings. The minimum atomic E-state index is -4.72. The van der Waals surface area contributed by atoms with E-state index in [1.165, 1.54) is 6.07 Å². The first-order valence-corrected chi connectivity index (χ1v) is 12.5. The Morgan fingerprint density at radius 2 is 1.81 bits per heavy atom. The Labute approximate surface area is 236 Å². The molecule has 0 aromatic heterocycles. The summed E-state index contributed by atoms with van der Waals surface area (Å²) in [5.74, 6) is -0.00327. The minimum Gasteiger partial charge on any atom is -0.405 e. The van der Waals surface area contributed by atoms with Crippen LogP contribution in [-0.4, -0.2) is 49.6 Å². The van der Waals surface area contributed by atoms with Gasteiger partial charge in [0, 0.05) is 41.8 Å². The topological polar surface area (TPSA) is 74.9 Å². The zero-order valence-electron chi connectivity index (χ0n) is 20.6. The summed E-state index contributed by atoms with van der Waals surface area (Å²) in [7, 11) is 3.94. The van der Waals surface area contributed by atoms with Gasteiger partial charge in [0.2, 0.25) is 0 Å². The van der Waals surface area contributed by atoms with E-state index in [-0.39, 0.29) is 42.5 Å². The SMILES string of the molecule is CN(C)C1=NC(N)(C2CCC(NCCc3ccc(Br)cc3OC(F)(F)F)CC2)Nc2ccccc21.Cl.Cl. The maximum Gasteiger partial charge on any atom is 0.573 e. The fraction of sp³-hybridized carbons (Fsp3) is 0.480. The minimum absolute atomic E-state index is 0. The number of hydrogen-bond acceptors (Lipinski definition) is 6. The van der Waals surface area contributed by atoms with Crippen LogP contribution in [0.4, 0.5) is 18.9 Å². The molecule has 0 saturated heterocycles. The summed E-state index contributed by atoms with van der Waals surface area (Å²) in [4.78, 5) is 6.92. The number of ether oxygens (including phenoxy) is 1. The fourth-order valence-electron chi connectivity index (χ4n) is 4.90. The second-order valence-electron chi connectivity index (χ2n) is 9.38. The summed E-state index contributed by atoms with van der Waals surface area (Å²) >= 11 is 3.21. The van der Waals surface area contributed by atoms with Crippen molar-refractivity contribution in [2.45, 2.75) is 50.3 Å². The lowest BCUT2D eigenvalue weighted by Gasteiger charge is -2.43. The second kappa shape index (κ2) is 12.9. The largest absolute Gasteiger partial charge is 0.573 e. The van der Waals surface area contributed by atoms with E-state index >= 15 is 0 Å². The Balaban J connectivity index is 0.00000241. The van der Waals surface area contributed by atoms with Crippen LogP contribution in [0.25, 0.3) is 0 Å². The highest BCUT2D eigenvalue weighted by molar-refractivity contribution is 9.10. The number of hydrogen-bond donors (Lipinski definition) is 3. The van der Waals surface area contributed by atoms with Gasteiger partial charge >= 0.3 is 6.36 Å². The van der Waals surface area contributed by atoms with Gasteiger partial charge in [-0.3, -0.25) is 5.73 Å². The smallest absolute Gasteiger partial charge is 0.405 e. The van der Waals surface area contributed by atoms with E-state index in [1.54, 1.807) is 12.1 Å². The predicted octanol–water partition coefficient (Wildman–Crippen LogP) is 5.93. The first kappa shape index (κ1) is 31.5. The molecule has 1 unspecified atom stereocenters. The summed E-state index contributed by atoms with van der Waals surface area (Å²) in [6, 6.07) is 13.1. The van der Waals surface area contributed by atoms with Crippen LogP contribution >= 0.6 is 40.7 Å². The molecule has 1 aliphatic heterocycles. The van der Waals surface area contributed by atoms with Crippen molar-refractivity contribution in [3.05, 3.63) is 58.1 Å². The van der Waals surface area contributed by atoms with Gasteiger partial charge in [-0.1, -0.05) is 34.1 Å². The van der Waals surface area contributed by atoms with E-state index < -0.39 is 12.1 Å². The number of amidine groups is 1. The number of anilines is 1. The van der Waals surface area contributed by atoms with E-state index in [4.69, 9.17) is 10.7 Å². The molecule has 1 heterocycles. The van der Waals surface area contributed by atoms with Gasteiger partial charge in [-0.05, 0) is 68.5 Å². The number of para-hydroxylation sites is 1. The van der Waals surface area contributed by atoms with E-state index in [2.05, 4.69) is 31.3 Å². The van der Waals surface area contributed by atoms with E-state index in [1.807, 2.05) is 43.3 Å². The molecule has 206 valence electrons. The van der Waals surface area contributed by atoms with Gasteiger partial charge in [-0.2, -0.15) is 0 Å². The van der Waals surface area contributed by atoms with E-state index in [0.29, 0.717) is 23.0 Å². The van der Waals surface area contributed by atoms with Gasteiger partial charge in [-0.15, -0.1) is 38.0 Å². The van der Waals surface area contributed by atoms with Crippen molar-refractivity contribution in [2.75, 3.05) is 26.0 Å². The molecule has 0 bridgehead atoms. The molecule has 2 aromatic rings. The number of aliphatic imine (C=N–C) groups is 1. The maximum absolute atomic E-state index is 12.8. The van der Waals surface area contributed by atoms with Crippen LogP contribution < -0.4 is 21.1 Å². The van der Waals surface area contributed by atoms with Crippen molar-refractivity contribution >= 4 is 52.3 Å². The lowest BCUT2D eigenvalue weighted by Crippen LogP contribution is -2.57. The summed E-state index contributed by atoms with van der Waals surface area (Å²) in [6.07, 6.45) is -0.642. The molecule has 0 spiro atoms. The van der Waals surface area contributed by atoms with Crippen LogP contribution in [0, 0.1) is 5.92 Å². The highest BCUT2D eigenvalue weighted by atomic mass is 79.9. The van der Waals surface area contributed by atoms with Crippen molar-refractivity contribution in [3.8, 4) is 5.75 Å². The summed E-state index contributed by atoms with van der Waals surface area (Å²) in [5.41, 5.74) is 9.36. The zero-order valence-corrected chi connectivity index (χ0v) is 23.9. The molecular formula is C25H33BrCl2F3N5O. The normalized spacial score (nSPS) is 22.9. The lowest BCUT2D eigenvalue weighted by molar-refractivity contribution is -0.274. The van der Waals surface area contributed by atoms with Crippen LogP contribution in [0.15, 0.2) is 51.9 Å². The predicted molar refractivity (Wildman–Crippen MR) is 150 cm³/mol. The van der Waals surface area contributed by atoms with E-state index in [9.17, 15) is 13.2 Å². The van der Waals surface area contributed by atoms with Gasteiger partial charge in [0.25, 0.3) is 0 Å². The van der Waals surface area contributed by atoms with Crippen molar-refractivity contribution in [1.82, 2.24) is 10.2 Å². The van der Waals surface area contributed by atoms with Gasteiger partial charge < -0.3 is 20.3 Å². The second-order valence-corrected chi connectivity index (χ2v) is 10.3.